The van der Waals surface area contributed by atoms with E-state index in [4.69, 9.17) is 9.47 Å². The van der Waals surface area contributed by atoms with E-state index >= 15 is 0 Å². The first-order chi connectivity index (χ1) is 17.4. The molecular formula is C28H37N3O5. The Kier molecular flexibility index (Phi) is 6.81. The molecule has 1 aromatic carbocycles. The van der Waals surface area contributed by atoms with Crippen LogP contribution in [0.1, 0.15) is 52.4 Å². The molecule has 36 heavy (non-hydrogen) atoms. The molecule has 194 valence electrons. The maximum absolute atomic E-state index is 13.8. The van der Waals surface area contributed by atoms with Gasteiger partial charge in [0, 0.05) is 24.3 Å². The van der Waals surface area contributed by atoms with Gasteiger partial charge in [-0.25, -0.2) is 0 Å². The SMILES string of the molecule is CCCCN1C(=O)[C@H]2[C@H](C(=O)Nc3cccc(OC)c3)[C@H]3C=C[C@@]2(O3)[C@@H]1C(=O)N[C@H]1CCCC[C@H]1C. The zero-order chi connectivity index (χ0) is 25.4. The Morgan fingerprint density at radius 1 is 1.22 bits per heavy atom. The van der Waals surface area contributed by atoms with Crippen LogP contribution in [0, 0.1) is 17.8 Å². The molecule has 8 heteroatoms. The molecule has 3 heterocycles. The quantitative estimate of drug-likeness (QED) is 0.540. The molecule has 4 aliphatic rings. The van der Waals surface area contributed by atoms with Crippen molar-refractivity contribution in [3.05, 3.63) is 36.4 Å². The number of rotatable bonds is 8. The van der Waals surface area contributed by atoms with E-state index in [1.807, 2.05) is 12.2 Å². The highest BCUT2D eigenvalue weighted by Crippen LogP contribution is 2.55. The van der Waals surface area contributed by atoms with Crippen LogP contribution in [0.4, 0.5) is 5.69 Å². The van der Waals surface area contributed by atoms with Crippen molar-refractivity contribution < 1.29 is 23.9 Å². The van der Waals surface area contributed by atoms with Gasteiger partial charge in [0.2, 0.25) is 17.7 Å². The average molecular weight is 496 g/mol. The van der Waals surface area contributed by atoms with E-state index in [2.05, 4.69) is 24.5 Å². The number of carbonyl (C=O) groups excluding carboxylic acids is 3. The number of nitrogens with zero attached hydrogens (tertiary/aromatic N) is 1. The van der Waals surface area contributed by atoms with Gasteiger partial charge in [0.15, 0.2) is 0 Å². The normalized spacial score (nSPS) is 34.5. The van der Waals surface area contributed by atoms with Crippen LogP contribution in [0.5, 0.6) is 5.75 Å². The van der Waals surface area contributed by atoms with Crippen molar-refractivity contribution in [3.8, 4) is 5.75 Å². The molecule has 1 aliphatic carbocycles. The van der Waals surface area contributed by atoms with Crippen LogP contribution in [0.3, 0.4) is 0 Å². The molecule has 1 saturated carbocycles. The molecule has 2 bridgehead atoms. The molecule has 5 rings (SSSR count). The van der Waals surface area contributed by atoms with Crippen molar-refractivity contribution in [3.63, 3.8) is 0 Å². The third-order valence-corrected chi connectivity index (χ3v) is 8.45. The zero-order valence-corrected chi connectivity index (χ0v) is 21.4. The van der Waals surface area contributed by atoms with Crippen LogP contribution in [-0.2, 0) is 19.1 Å². The summed E-state index contributed by atoms with van der Waals surface area (Å²) < 4.78 is 11.7. The number of benzene rings is 1. The van der Waals surface area contributed by atoms with Gasteiger partial charge >= 0.3 is 0 Å². The highest BCUT2D eigenvalue weighted by Gasteiger charge is 2.72. The largest absolute Gasteiger partial charge is 0.497 e. The summed E-state index contributed by atoms with van der Waals surface area (Å²) in [5, 5.41) is 6.21. The number of ether oxygens (including phenoxy) is 2. The summed E-state index contributed by atoms with van der Waals surface area (Å²) in [5.74, 6) is -1.02. The minimum Gasteiger partial charge on any atom is -0.497 e. The number of unbranched alkanes of at least 4 members (excludes halogenated alkanes) is 1. The van der Waals surface area contributed by atoms with Crippen LogP contribution >= 0.6 is 0 Å². The maximum atomic E-state index is 13.8. The monoisotopic (exact) mass is 495 g/mol. The van der Waals surface area contributed by atoms with Crippen LogP contribution in [0.2, 0.25) is 0 Å². The number of anilines is 1. The van der Waals surface area contributed by atoms with E-state index in [9.17, 15) is 14.4 Å². The number of amides is 3. The minimum absolute atomic E-state index is 0.0968. The Morgan fingerprint density at radius 2 is 2.03 bits per heavy atom. The van der Waals surface area contributed by atoms with Gasteiger partial charge in [0.25, 0.3) is 0 Å². The van der Waals surface area contributed by atoms with Gasteiger partial charge in [-0.3, -0.25) is 14.4 Å². The summed E-state index contributed by atoms with van der Waals surface area (Å²) in [4.78, 5) is 42.8. The highest BCUT2D eigenvalue weighted by atomic mass is 16.5. The highest BCUT2D eigenvalue weighted by molar-refractivity contribution is 6.02. The summed E-state index contributed by atoms with van der Waals surface area (Å²) in [6, 6.07) is 6.45. The fourth-order valence-electron chi connectivity index (χ4n) is 6.56. The zero-order valence-electron chi connectivity index (χ0n) is 21.4. The van der Waals surface area contributed by atoms with E-state index in [1.165, 1.54) is 6.42 Å². The van der Waals surface area contributed by atoms with Crippen LogP contribution in [0.25, 0.3) is 0 Å². The van der Waals surface area contributed by atoms with Crippen molar-refractivity contribution >= 4 is 23.4 Å². The molecule has 3 amide bonds. The summed E-state index contributed by atoms with van der Waals surface area (Å²) in [5.41, 5.74) is -0.526. The lowest BCUT2D eigenvalue weighted by Gasteiger charge is -2.36. The first-order valence-electron chi connectivity index (χ1n) is 13.3. The Hall–Kier alpha value is -2.87. The van der Waals surface area contributed by atoms with Crippen LogP contribution in [0.15, 0.2) is 36.4 Å². The molecule has 1 spiro atoms. The van der Waals surface area contributed by atoms with Crippen molar-refractivity contribution in [1.29, 1.82) is 0 Å². The van der Waals surface area contributed by atoms with Gasteiger partial charge in [-0.05, 0) is 37.3 Å². The molecule has 1 aromatic rings. The molecule has 2 saturated heterocycles. The predicted octanol–water partition coefficient (Wildman–Crippen LogP) is 3.28. The number of carbonyl (C=O) groups is 3. The number of likely N-dealkylation sites (tertiary alicyclic amines) is 1. The topological polar surface area (TPSA) is 97.0 Å². The molecule has 3 fully saturated rings. The van der Waals surface area contributed by atoms with Gasteiger partial charge in [0.05, 0.1) is 25.0 Å². The predicted molar refractivity (Wildman–Crippen MR) is 135 cm³/mol. The van der Waals surface area contributed by atoms with E-state index in [-0.39, 0.29) is 23.8 Å². The average Bonchev–Trinajstić information content (AvgIpc) is 3.51. The summed E-state index contributed by atoms with van der Waals surface area (Å²) >= 11 is 0. The maximum Gasteiger partial charge on any atom is 0.246 e. The summed E-state index contributed by atoms with van der Waals surface area (Å²) in [6.45, 7) is 4.71. The Balaban J connectivity index is 1.42. The van der Waals surface area contributed by atoms with Crippen molar-refractivity contribution in [1.82, 2.24) is 10.2 Å². The smallest absolute Gasteiger partial charge is 0.246 e. The van der Waals surface area contributed by atoms with E-state index < -0.39 is 29.6 Å². The fourth-order valence-corrected chi connectivity index (χ4v) is 6.56. The molecule has 3 aliphatic heterocycles. The lowest BCUT2D eigenvalue weighted by Crippen LogP contribution is -2.57. The van der Waals surface area contributed by atoms with E-state index in [0.717, 1.165) is 32.1 Å². The lowest BCUT2D eigenvalue weighted by molar-refractivity contribution is -0.141. The van der Waals surface area contributed by atoms with Crippen LogP contribution in [-0.4, -0.2) is 60.1 Å². The first-order valence-corrected chi connectivity index (χ1v) is 13.3. The van der Waals surface area contributed by atoms with E-state index in [0.29, 0.717) is 23.9 Å². The van der Waals surface area contributed by atoms with Gasteiger partial charge < -0.3 is 25.0 Å². The minimum atomic E-state index is -1.12. The van der Waals surface area contributed by atoms with Gasteiger partial charge in [-0.15, -0.1) is 0 Å². The lowest BCUT2D eigenvalue weighted by atomic mass is 9.74. The summed E-state index contributed by atoms with van der Waals surface area (Å²) in [6.07, 6.45) is 9.18. The Labute approximate surface area is 212 Å². The van der Waals surface area contributed by atoms with Gasteiger partial charge in [0.1, 0.15) is 17.4 Å². The summed E-state index contributed by atoms with van der Waals surface area (Å²) in [7, 11) is 1.57. The van der Waals surface area contributed by atoms with Crippen molar-refractivity contribution in [2.24, 2.45) is 17.8 Å². The molecule has 2 N–H and O–H groups in total. The number of fused-ring (bicyclic) bond motifs is 1. The third kappa shape index (κ3) is 4.09. The van der Waals surface area contributed by atoms with Crippen molar-refractivity contribution in [2.75, 3.05) is 19.0 Å². The van der Waals surface area contributed by atoms with Gasteiger partial charge in [-0.2, -0.15) is 0 Å². The van der Waals surface area contributed by atoms with Gasteiger partial charge in [-0.1, -0.05) is 51.3 Å². The standard InChI is InChI=1S/C28H37N3O5/c1-4-5-15-31-24(26(33)30-20-12-7-6-9-17(20)2)28-14-13-21(36-28)22(23(28)27(31)34)25(32)29-18-10-8-11-19(16-18)35-3/h8,10-11,13-14,16-17,20-24H,4-7,9,12,15H2,1-3H3,(H,29,32)(H,30,33)/t17-,20+,21-,22-,23-,24+,28+/m1/s1. The molecule has 0 radical (unpaired) electrons. The molecule has 0 unspecified atom stereocenters. The third-order valence-electron chi connectivity index (χ3n) is 8.45. The van der Waals surface area contributed by atoms with E-state index in [1.54, 1.807) is 36.3 Å². The number of hydrogen-bond donors (Lipinski definition) is 2. The number of nitrogens with one attached hydrogen (secondary N) is 2. The molecule has 8 nitrogen and oxygen atoms in total. The first kappa shape index (κ1) is 24.8. The fraction of sp³-hybridized carbons (Fsp3) is 0.607. The number of hydrogen-bond acceptors (Lipinski definition) is 5. The Morgan fingerprint density at radius 3 is 2.78 bits per heavy atom. The van der Waals surface area contributed by atoms with Crippen molar-refractivity contribution in [2.45, 2.75) is 76.2 Å². The Bertz CT molecular complexity index is 1060. The second-order valence-corrected chi connectivity index (χ2v) is 10.7. The molecular weight excluding hydrogens is 458 g/mol. The van der Waals surface area contributed by atoms with Crippen LogP contribution < -0.4 is 15.4 Å². The second-order valence-electron chi connectivity index (χ2n) is 10.7. The second kappa shape index (κ2) is 9.88. The molecule has 7 atom stereocenters. The number of methoxy groups -OCH3 is 1. The molecule has 0 aromatic heterocycles.